The third-order valence-electron chi connectivity index (χ3n) is 3.87. The molecule has 0 bridgehead atoms. The number of halogens is 1. The highest BCUT2D eigenvalue weighted by Crippen LogP contribution is 2.21. The van der Waals surface area contributed by atoms with Gasteiger partial charge in [0.25, 0.3) is 0 Å². The predicted octanol–water partition coefficient (Wildman–Crippen LogP) is 3.18. The summed E-state index contributed by atoms with van der Waals surface area (Å²) >= 11 is 3.44. The second-order valence-electron chi connectivity index (χ2n) is 5.35. The first-order chi connectivity index (χ1) is 9.06. The number of carboxylic acid groups (broad SMARTS) is 1. The van der Waals surface area contributed by atoms with E-state index in [2.05, 4.69) is 52.0 Å². The van der Waals surface area contributed by atoms with Crippen LogP contribution in [0.25, 0.3) is 0 Å². The lowest BCUT2D eigenvalue weighted by molar-refractivity contribution is -0.143. The van der Waals surface area contributed by atoms with Crippen LogP contribution in [0, 0.1) is 5.92 Å². The average Bonchev–Trinajstić information content (AvgIpc) is 2.41. The van der Waals surface area contributed by atoms with Crippen LogP contribution >= 0.6 is 15.9 Å². The largest absolute Gasteiger partial charge is 0.481 e. The van der Waals surface area contributed by atoms with Crippen LogP contribution in [-0.4, -0.2) is 35.1 Å². The zero-order chi connectivity index (χ0) is 13.8. The Labute approximate surface area is 122 Å². The van der Waals surface area contributed by atoms with Crippen LogP contribution in [0.3, 0.4) is 0 Å². The summed E-state index contributed by atoms with van der Waals surface area (Å²) in [6.45, 7) is 3.89. The second kappa shape index (κ2) is 6.53. The lowest BCUT2D eigenvalue weighted by atomic mass is 9.95. The van der Waals surface area contributed by atoms with Crippen molar-refractivity contribution < 1.29 is 9.90 Å². The van der Waals surface area contributed by atoms with Crippen LogP contribution < -0.4 is 0 Å². The molecule has 1 aliphatic heterocycles. The Bertz CT molecular complexity index is 432. The Balaban J connectivity index is 1.93. The molecule has 4 heteroatoms. The summed E-state index contributed by atoms with van der Waals surface area (Å²) in [7, 11) is 0. The topological polar surface area (TPSA) is 40.5 Å². The van der Waals surface area contributed by atoms with E-state index in [9.17, 15) is 4.79 Å². The normalized spacial score (nSPS) is 22.1. The molecule has 0 aliphatic carbocycles. The fraction of sp³-hybridized carbons (Fsp3) is 0.533. The Morgan fingerprint density at radius 2 is 2.16 bits per heavy atom. The van der Waals surface area contributed by atoms with E-state index in [4.69, 9.17) is 5.11 Å². The molecule has 1 fully saturated rings. The highest BCUT2D eigenvalue weighted by Gasteiger charge is 2.27. The van der Waals surface area contributed by atoms with Crippen LogP contribution in [0.15, 0.2) is 28.7 Å². The number of carboxylic acids is 1. The summed E-state index contributed by atoms with van der Waals surface area (Å²) in [5, 5.41) is 9.13. The molecule has 1 aliphatic rings. The molecule has 1 aromatic carbocycles. The van der Waals surface area contributed by atoms with Crippen LogP contribution in [0.4, 0.5) is 0 Å². The quantitative estimate of drug-likeness (QED) is 0.924. The number of hydrogen-bond donors (Lipinski definition) is 1. The Morgan fingerprint density at radius 3 is 2.79 bits per heavy atom. The van der Waals surface area contributed by atoms with Gasteiger partial charge in [-0.05, 0) is 50.4 Å². The standard InChI is InChI=1S/C15H20BrNO2/c1-11(9-12-4-6-14(16)7-5-12)17-8-2-3-13(10-17)15(18)19/h4-7,11,13H,2-3,8-10H2,1H3,(H,18,19). The van der Waals surface area contributed by atoms with Gasteiger partial charge in [-0.1, -0.05) is 28.1 Å². The average molecular weight is 326 g/mol. The van der Waals surface area contributed by atoms with Crippen LogP contribution in [0.1, 0.15) is 25.3 Å². The van der Waals surface area contributed by atoms with Crippen molar-refractivity contribution in [3.8, 4) is 0 Å². The molecule has 1 heterocycles. The highest BCUT2D eigenvalue weighted by molar-refractivity contribution is 9.10. The minimum absolute atomic E-state index is 0.193. The molecule has 2 unspecified atom stereocenters. The molecule has 2 rings (SSSR count). The number of carbonyl (C=O) groups is 1. The molecule has 3 nitrogen and oxygen atoms in total. The number of nitrogens with zero attached hydrogens (tertiary/aromatic N) is 1. The van der Waals surface area contributed by atoms with Gasteiger partial charge in [-0.3, -0.25) is 9.69 Å². The molecule has 0 amide bonds. The van der Waals surface area contributed by atoms with E-state index in [1.54, 1.807) is 0 Å². The number of likely N-dealkylation sites (tertiary alicyclic amines) is 1. The molecule has 104 valence electrons. The lowest BCUT2D eigenvalue weighted by Crippen LogP contribution is -2.44. The van der Waals surface area contributed by atoms with Gasteiger partial charge >= 0.3 is 5.97 Å². The minimum Gasteiger partial charge on any atom is -0.481 e. The smallest absolute Gasteiger partial charge is 0.307 e. The van der Waals surface area contributed by atoms with E-state index in [1.807, 2.05) is 0 Å². The monoisotopic (exact) mass is 325 g/mol. The van der Waals surface area contributed by atoms with Gasteiger partial charge in [-0.2, -0.15) is 0 Å². The van der Waals surface area contributed by atoms with Crippen molar-refractivity contribution in [2.24, 2.45) is 5.92 Å². The summed E-state index contributed by atoms with van der Waals surface area (Å²) < 4.78 is 1.09. The van der Waals surface area contributed by atoms with E-state index >= 15 is 0 Å². The van der Waals surface area contributed by atoms with E-state index in [0.717, 1.165) is 30.3 Å². The van der Waals surface area contributed by atoms with Crippen molar-refractivity contribution in [2.45, 2.75) is 32.2 Å². The molecule has 0 saturated carbocycles. The molecule has 0 aromatic heterocycles. The van der Waals surface area contributed by atoms with Crippen LogP contribution in [0.2, 0.25) is 0 Å². The van der Waals surface area contributed by atoms with Crippen molar-refractivity contribution in [1.29, 1.82) is 0 Å². The summed E-state index contributed by atoms with van der Waals surface area (Å²) in [4.78, 5) is 13.4. The molecule has 2 atom stereocenters. The Kier molecular flexibility index (Phi) is 4.99. The van der Waals surface area contributed by atoms with Gasteiger partial charge in [0, 0.05) is 17.1 Å². The molecule has 0 spiro atoms. The third kappa shape index (κ3) is 4.05. The molecule has 1 N–H and O–H groups in total. The minimum atomic E-state index is -0.652. The number of hydrogen-bond acceptors (Lipinski definition) is 2. The van der Waals surface area contributed by atoms with Crippen molar-refractivity contribution in [3.05, 3.63) is 34.3 Å². The van der Waals surface area contributed by atoms with Gasteiger partial charge in [0.15, 0.2) is 0 Å². The van der Waals surface area contributed by atoms with Crippen molar-refractivity contribution >= 4 is 21.9 Å². The highest BCUT2D eigenvalue weighted by atomic mass is 79.9. The van der Waals surface area contributed by atoms with Crippen LogP contribution in [0.5, 0.6) is 0 Å². The summed E-state index contributed by atoms with van der Waals surface area (Å²) in [6.07, 6.45) is 2.78. The van der Waals surface area contributed by atoms with Gasteiger partial charge in [0.05, 0.1) is 5.92 Å². The SMILES string of the molecule is CC(Cc1ccc(Br)cc1)N1CCCC(C(=O)O)C1. The Hall–Kier alpha value is -0.870. The molecular weight excluding hydrogens is 306 g/mol. The van der Waals surface area contributed by atoms with Gasteiger partial charge < -0.3 is 5.11 Å². The zero-order valence-electron chi connectivity index (χ0n) is 11.2. The fourth-order valence-corrected chi connectivity index (χ4v) is 2.96. The summed E-state index contributed by atoms with van der Waals surface area (Å²) in [5.74, 6) is -0.846. The predicted molar refractivity (Wildman–Crippen MR) is 79.2 cm³/mol. The number of rotatable bonds is 4. The molecule has 1 saturated heterocycles. The lowest BCUT2D eigenvalue weighted by Gasteiger charge is -2.35. The first-order valence-electron chi connectivity index (χ1n) is 6.77. The van der Waals surface area contributed by atoms with Gasteiger partial charge in [0.2, 0.25) is 0 Å². The number of aliphatic carboxylic acids is 1. The maximum Gasteiger partial charge on any atom is 0.307 e. The summed E-state index contributed by atoms with van der Waals surface area (Å²) in [5.41, 5.74) is 1.30. The van der Waals surface area contributed by atoms with Crippen LogP contribution in [-0.2, 0) is 11.2 Å². The van der Waals surface area contributed by atoms with Gasteiger partial charge in [-0.25, -0.2) is 0 Å². The molecule has 1 aromatic rings. The van der Waals surface area contributed by atoms with E-state index in [1.165, 1.54) is 5.56 Å². The van der Waals surface area contributed by atoms with Crippen molar-refractivity contribution in [2.75, 3.05) is 13.1 Å². The van der Waals surface area contributed by atoms with E-state index in [-0.39, 0.29) is 5.92 Å². The van der Waals surface area contributed by atoms with E-state index < -0.39 is 5.97 Å². The van der Waals surface area contributed by atoms with Crippen molar-refractivity contribution in [1.82, 2.24) is 4.90 Å². The first-order valence-corrected chi connectivity index (χ1v) is 7.57. The Morgan fingerprint density at radius 1 is 1.47 bits per heavy atom. The first kappa shape index (κ1) is 14.5. The summed E-state index contributed by atoms with van der Waals surface area (Å²) in [6, 6.07) is 8.75. The van der Waals surface area contributed by atoms with Gasteiger partial charge in [0.1, 0.15) is 0 Å². The fourth-order valence-electron chi connectivity index (χ4n) is 2.70. The maximum absolute atomic E-state index is 11.1. The third-order valence-corrected chi connectivity index (χ3v) is 4.40. The maximum atomic E-state index is 11.1. The number of piperidine rings is 1. The van der Waals surface area contributed by atoms with E-state index in [0.29, 0.717) is 12.6 Å². The van der Waals surface area contributed by atoms with Gasteiger partial charge in [-0.15, -0.1) is 0 Å². The molecular formula is C15H20BrNO2. The second-order valence-corrected chi connectivity index (χ2v) is 6.27. The molecule has 19 heavy (non-hydrogen) atoms. The van der Waals surface area contributed by atoms with Crippen molar-refractivity contribution in [3.63, 3.8) is 0 Å². The number of benzene rings is 1. The molecule has 0 radical (unpaired) electrons. The zero-order valence-corrected chi connectivity index (χ0v) is 12.8.